The van der Waals surface area contributed by atoms with Crippen LogP contribution in [-0.4, -0.2) is 34.9 Å². The molecule has 0 saturated carbocycles. The van der Waals surface area contributed by atoms with Crippen LogP contribution in [0, 0.1) is 0 Å². The van der Waals surface area contributed by atoms with Gasteiger partial charge in [-0.3, -0.25) is 9.39 Å². The van der Waals surface area contributed by atoms with Crippen molar-refractivity contribution in [1.29, 1.82) is 0 Å². The van der Waals surface area contributed by atoms with Crippen LogP contribution in [0.5, 0.6) is 0 Å². The molecule has 0 bridgehead atoms. The lowest BCUT2D eigenvalue weighted by Gasteiger charge is -2.32. The van der Waals surface area contributed by atoms with Gasteiger partial charge >= 0.3 is 6.18 Å². The Morgan fingerprint density at radius 1 is 1.30 bits per heavy atom. The fraction of sp³-hybridized carbons (Fsp3) is 0.429. The first-order valence-corrected chi connectivity index (χ1v) is 7.25. The Kier molecular flexibility index (Phi) is 4.12. The third-order valence-electron chi connectivity index (χ3n) is 3.98. The molecule has 0 atom stereocenters. The fourth-order valence-electron chi connectivity index (χ4n) is 2.81. The summed E-state index contributed by atoms with van der Waals surface area (Å²) in [6.07, 6.45) is 1.54. The van der Waals surface area contributed by atoms with Crippen molar-refractivity contribution in [3.8, 4) is 0 Å². The number of anilines is 1. The van der Waals surface area contributed by atoms with Gasteiger partial charge in [0.1, 0.15) is 12.1 Å². The van der Waals surface area contributed by atoms with Gasteiger partial charge in [0.15, 0.2) is 0 Å². The number of aromatic nitrogens is 2. The van der Waals surface area contributed by atoms with Crippen molar-refractivity contribution in [3.05, 3.63) is 30.2 Å². The SMILES string of the molecule is NNC=NC1CCN(c2cc(C(F)(F)F)cc3cncn23)CC1. The van der Waals surface area contributed by atoms with Crippen molar-refractivity contribution in [2.45, 2.75) is 25.1 Å². The second-order valence-corrected chi connectivity index (χ2v) is 5.45. The number of hydrazine groups is 1. The minimum Gasteiger partial charge on any atom is -0.358 e. The number of fused-ring (bicyclic) bond motifs is 1. The molecular formula is C14H17F3N6. The largest absolute Gasteiger partial charge is 0.416 e. The Morgan fingerprint density at radius 2 is 2.04 bits per heavy atom. The number of pyridine rings is 1. The number of nitrogens with zero attached hydrogens (tertiary/aromatic N) is 4. The molecule has 3 rings (SSSR count). The van der Waals surface area contributed by atoms with E-state index in [2.05, 4.69) is 15.4 Å². The van der Waals surface area contributed by atoms with Crippen LogP contribution in [0.15, 0.2) is 29.6 Å². The van der Waals surface area contributed by atoms with Crippen LogP contribution < -0.4 is 16.2 Å². The van der Waals surface area contributed by atoms with E-state index in [0.717, 1.165) is 18.9 Å². The zero-order chi connectivity index (χ0) is 16.4. The number of aliphatic imine (C=N–C) groups is 1. The second-order valence-electron chi connectivity index (χ2n) is 5.45. The highest BCUT2D eigenvalue weighted by Gasteiger charge is 2.32. The molecule has 1 aliphatic heterocycles. The van der Waals surface area contributed by atoms with Crippen LogP contribution in [0.3, 0.4) is 0 Å². The smallest absolute Gasteiger partial charge is 0.358 e. The summed E-state index contributed by atoms with van der Waals surface area (Å²) >= 11 is 0. The molecule has 3 N–H and O–H groups in total. The Labute approximate surface area is 130 Å². The molecule has 0 aromatic carbocycles. The third-order valence-corrected chi connectivity index (χ3v) is 3.98. The highest BCUT2D eigenvalue weighted by atomic mass is 19.4. The van der Waals surface area contributed by atoms with E-state index in [4.69, 9.17) is 5.84 Å². The number of halogens is 3. The maximum atomic E-state index is 13.1. The molecule has 0 aliphatic carbocycles. The van der Waals surface area contributed by atoms with Gasteiger partial charge in [0.05, 0.1) is 29.7 Å². The van der Waals surface area contributed by atoms with Crippen LogP contribution >= 0.6 is 0 Å². The monoisotopic (exact) mass is 326 g/mol. The molecule has 6 nitrogen and oxygen atoms in total. The summed E-state index contributed by atoms with van der Waals surface area (Å²) in [5.41, 5.74) is 2.13. The molecule has 2 aromatic rings. The maximum absolute atomic E-state index is 13.1. The molecular weight excluding hydrogens is 309 g/mol. The quantitative estimate of drug-likeness (QED) is 0.391. The Bertz CT molecular complexity index is 700. The van der Waals surface area contributed by atoms with E-state index in [1.54, 1.807) is 4.40 Å². The van der Waals surface area contributed by atoms with Crippen LogP contribution in [-0.2, 0) is 6.18 Å². The minimum atomic E-state index is -4.38. The number of nitrogens with one attached hydrogen (secondary N) is 1. The molecule has 23 heavy (non-hydrogen) atoms. The molecule has 1 aliphatic rings. The molecule has 0 radical (unpaired) electrons. The first kappa shape index (κ1) is 15.6. The van der Waals surface area contributed by atoms with E-state index in [0.29, 0.717) is 24.4 Å². The van der Waals surface area contributed by atoms with Crippen LogP contribution in [0.25, 0.3) is 5.52 Å². The van der Waals surface area contributed by atoms with E-state index in [1.807, 2.05) is 4.90 Å². The number of hydrogen-bond donors (Lipinski definition) is 2. The van der Waals surface area contributed by atoms with E-state index in [9.17, 15) is 13.2 Å². The molecule has 0 unspecified atom stereocenters. The topological polar surface area (TPSA) is 70.9 Å². The van der Waals surface area contributed by atoms with Crippen molar-refractivity contribution in [2.75, 3.05) is 18.0 Å². The van der Waals surface area contributed by atoms with Gasteiger partial charge in [-0.1, -0.05) is 0 Å². The summed E-state index contributed by atoms with van der Waals surface area (Å²) < 4.78 is 40.9. The maximum Gasteiger partial charge on any atom is 0.416 e. The first-order valence-electron chi connectivity index (χ1n) is 7.25. The zero-order valence-electron chi connectivity index (χ0n) is 12.3. The van der Waals surface area contributed by atoms with E-state index < -0.39 is 11.7 Å². The van der Waals surface area contributed by atoms with Crippen LogP contribution in [0.2, 0.25) is 0 Å². The van der Waals surface area contributed by atoms with Gasteiger partial charge in [0, 0.05) is 13.1 Å². The molecule has 2 aromatic heterocycles. The Hall–Kier alpha value is -2.29. The molecule has 1 saturated heterocycles. The summed E-state index contributed by atoms with van der Waals surface area (Å²) in [5, 5.41) is 0. The summed E-state index contributed by atoms with van der Waals surface area (Å²) in [6, 6.07) is 2.42. The molecule has 0 amide bonds. The molecule has 9 heteroatoms. The van der Waals surface area contributed by atoms with Crippen molar-refractivity contribution < 1.29 is 13.2 Å². The van der Waals surface area contributed by atoms with Gasteiger partial charge in [-0.15, -0.1) is 0 Å². The standard InChI is InChI=1S/C14H17F3N6/c15-14(16,17)10-5-12-7-19-9-23(12)13(6-10)22-3-1-11(2-4-22)20-8-21-18/h5-9,11H,1-4,18H2,(H,20,21). The molecule has 124 valence electrons. The van der Waals surface area contributed by atoms with Gasteiger partial charge in [-0.25, -0.2) is 10.8 Å². The number of piperidine rings is 1. The lowest BCUT2D eigenvalue weighted by atomic mass is 10.1. The summed E-state index contributed by atoms with van der Waals surface area (Å²) in [4.78, 5) is 10.1. The lowest BCUT2D eigenvalue weighted by Crippen LogP contribution is -2.37. The van der Waals surface area contributed by atoms with E-state index in [-0.39, 0.29) is 6.04 Å². The van der Waals surface area contributed by atoms with Crippen LogP contribution in [0.1, 0.15) is 18.4 Å². The van der Waals surface area contributed by atoms with Crippen molar-refractivity contribution in [2.24, 2.45) is 10.8 Å². The predicted molar refractivity (Wildman–Crippen MR) is 81.2 cm³/mol. The van der Waals surface area contributed by atoms with Crippen molar-refractivity contribution in [3.63, 3.8) is 0 Å². The first-order chi connectivity index (χ1) is 11.0. The Morgan fingerprint density at radius 3 is 2.70 bits per heavy atom. The summed E-state index contributed by atoms with van der Waals surface area (Å²) in [5.74, 6) is 5.65. The third kappa shape index (κ3) is 3.24. The highest BCUT2D eigenvalue weighted by Crippen LogP contribution is 2.34. The van der Waals surface area contributed by atoms with Gasteiger partial charge in [0.25, 0.3) is 0 Å². The van der Waals surface area contributed by atoms with E-state index in [1.165, 1.54) is 24.9 Å². The lowest BCUT2D eigenvalue weighted by molar-refractivity contribution is -0.137. The number of hydrogen-bond acceptors (Lipinski definition) is 4. The van der Waals surface area contributed by atoms with E-state index >= 15 is 0 Å². The zero-order valence-corrected chi connectivity index (χ0v) is 12.3. The fourth-order valence-corrected chi connectivity index (χ4v) is 2.81. The molecule has 0 spiro atoms. The average Bonchev–Trinajstić information content (AvgIpc) is 3.00. The number of rotatable bonds is 3. The number of imidazole rings is 1. The number of alkyl halides is 3. The second kappa shape index (κ2) is 6.07. The van der Waals surface area contributed by atoms with Crippen molar-refractivity contribution in [1.82, 2.24) is 14.8 Å². The number of nitrogens with two attached hydrogens (primary N) is 1. The highest BCUT2D eigenvalue weighted by molar-refractivity contribution is 5.58. The van der Waals surface area contributed by atoms with Gasteiger partial charge in [-0.2, -0.15) is 13.2 Å². The van der Waals surface area contributed by atoms with Gasteiger partial charge in [0.2, 0.25) is 0 Å². The molecule has 1 fully saturated rings. The predicted octanol–water partition coefficient (Wildman–Crippen LogP) is 1.81. The minimum absolute atomic E-state index is 0.131. The average molecular weight is 326 g/mol. The summed E-state index contributed by atoms with van der Waals surface area (Å²) in [7, 11) is 0. The normalized spacial score (nSPS) is 17.3. The Balaban J connectivity index is 1.88. The molecule has 3 heterocycles. The summed E-state index contributed by atoms with van der Waals surface area (Å²) in [6.45, 7) is 1.25. The van der Waals surface area contributed by atoms with Crippen molar-refractivity contribution >= 4 is 17.7 Å². The van der Waals surface area contributed by atoms with Gasteiger partial charge < -0.3 is 10.3 Å². The van der Waals surface area contributed by atoms with Gasteiger partial charge in [-0.05, 0) is 25.0 Å². The van der Waals surface area contributed by atoms with Crippen LogP contribution in [0.4, 0.5) is 19.0 Å².